The fourth-order valence-corrected chi connectivity index (χ4v) is 2.52. The van der Waals surface area contributed by atoms with E-state index in [9.17, 15) is 9.18 Å². The highest BCUT2D eigenvalue weighted by molar-refractivity contribution is 5.94. The van der Waals surface area contributed by atoms with Gasteiger partial charge in [0.2, 0.25) is 0 Å². The van der Waals surface area contributed by atoms with Gasteiger partial charge in [0.15, 0.2) is 0 Å². The number of rotatable bonds is 6. The van der Waals surface area contributed by atoms with Gasteiger partial charge in [-0.25, -0.2) is 0 Å². The van der Waals surface area contributed by atoms with Crippen LogP contribution in [-0.4, -0.2) is 56.9 Å². The van der Waals surface area contributed by atoms with Crippen molar-refractivity contribution in [3.8, 4) is 0 Å². The smallest absolute Gasteiger partial charge is 0.254 e. The Hall–Kier alpha value is -2.15. The van der Waals surface area contributed by atoms with Crippen LogP contribution >= 0.6 is 0 Å². The van der Waals surface area contributed by atoms with E-state index in [1.54, 1.807) is 29.2 Å². The van der Waals surface area contributed by atoms with Gasteiger partial charge in [-0.1, -0.05) is 17.2 Å². The molecule has 2 rings (SSSR count). The minimum absolute atomic E-state index is 0.0640. The van der Waals surface area contributed by atoms with Crippen molar-refractivity contribution >= 4 is 5.91 Å². The number of azide groups is 1. The second-order valence-electron chi connectivity index (χ2n) is 5.11. The van der Waals surface area contributed by atoms with Crippen molar-refractivity contribution < 1.29 is 18.7 Å². The van der Waals surface area contributed by atoms with Crippen LogP contribution in [0.15, 0.2) is 29.4 Å². The molecule has 0 unspecified atom stereocenters. The minimum atomic E-state index is -0.939. The van der Waals surface area contributed by atoms with E-state index < -0.39 is 18.8 Å². The maximum Gasteiger partial charge on any atom is 0.254 e. The summed E-state index contributed by atoms with van der Waals surface area (Å²) >= 11 is 0. The highest BCUT2D eigenvalue weighted by Crippen LogP contribution is 2.24. The zero-order valence-electron chi connectivity index (χ0n) is 12.9. The van der Waals surface area contributed by atoms with E-state index >= 15 is 0 Å². The summed E-state index contributed by atoms with van der Waals surface area (Å²) in [7, 11) is 1.42. The first kappa shape index (κ1) is 17.2. The van der Waals surface area contributed by atoms with Gasteiger partial charge in [0.1, 0.15) is 6.67 Å². The average Bonchev–Trinajstić information content (AvgIpc) is 2.62. The Morgan fingerprint density at radius 1 is 1.43 bits per heavy atom. The number of carbonyl (C=O) groups excluding carboxylic acids is 1. The molecule has 23 heavy (non-hydrogen) atoms. The van der Waals surface area contributed by atoms with Crippen LogP contribution in [0.1, 0.15) is 22.0 Å². The van der Waals surface area contributed by atoms with E-state index in [2.05, 4.69) is 10.0 Å². The van der Waals surface area contributed by atoms with Gasteiger partial charge in [-0.3, -0.25) is 9.18 Å². The zero-order chi connectivity index (χ0) is 16.7. The molecule has 0 radical (unpaired) electrons. The van der Waals surface area contributed by atoms with Crippen LogP contribution in [0, 0.1) is 0 Å². The molecular formula is C15H19FN4O3. The predicted octanol–water partition coefficient (Wildman–Crippen LogP) is 2.49. The second kappa shape index (κ2) is 8.47. The highest BCUT2D eigenvalue weighted by atomic mass is 19.1. The van der Waals surface area contributed by atoms with Crippen molar-refractivity contribution in [2.45, 2.75) is 12.1 Å². The van der Waals surface area contributed by atoms with Gasteiger partial charge >= 0.3 is 0 Å². The van der Waals surface area contributed by atoms with Crippen LogP contribution in [0.5, 0.6) is 0 Å². The molecule has 1 amide bonds. The molecule has 1 aromatic rings. The Morgan fingerprint density at radius 3 is 2.61 bits per heavy atom. The van der Waals surface area contributed by atoms with E-state index in [0.717, 1.165) is 0 Å². The van der Waals surface area contributed by atoms with Crippen molar-refractivity contribution in [1.29, 1.82) is 0 Å². The first-order chi connectivity index (χ1) is 11.2. The number of nitrogens with zero attached hydrogens (tertiary/aromatic N) is 4. The largest absolute Gasteiger partial charge is 0.378 e. The monoisotopic (exact) mass is 322 g/mol. The Bertz CT molecular complexity index is 569. The van der Waals surface area contributed by atoms with Crippen LogP contribution in [0.25, 0.3) is 10.4 Å². The third-order valence-electron chi connectivity index (χ3n) is 3.75. The number of hydrogen-bond acceptors (Lipinski definition) is 4. The number of carbonyl (C=O) groups is 1. The van der Waals surface area contributed by atoms with E-state index in [-0.39, 0.29) is 5.91 Å². The van der Waals surface area contributed by atoms with Gasteiger partial charge in [-0.15, -0.1) is 0 Å². The SMILES string of the molecule is CO[C@H](c1ccc(C(=O)N2CCOCC2)cc1)[C@@H](CF)N=[N+]=[N-]. The van der Waals surface area contributed by atoms with Crippen LogP contribution in [0.4, 0.5) is 4.39 Å². The maximum atomic E-state index is 13.0. The quantitative estimate of drug-likeness (QED) is 0.458. The van der Waals surface area contributed by atoms with Crippen molar-refractivity contribution in [2.24, 2.45) is 5.11 Å². The molecule has 2 atom stereocenters. The fraction of sp³-hybridized carbons (Fsp3) is 0.533. The van der Waals surface area contributed by atoms with Crippen molar-refractivity contribution in [3.63, 3.8) is 0 Å². The highest BCUT2D eigenvalue weighted by Gasteiger charge is 2.23. The third-order valence-corrected chi connectivity index (χ3v) is 3.75. The van der Waals surface area contributed by atoms with E-state index in [0.29, 0.717) is 37.4 Å². The number of morpholine rings is 1. The van der Waals surface area contributed by atoms with Gasteiger partial charge in [0.25, 0.3) is 5.91 Å². The van der Waals surface area contributed by atoms with Gasteiger partial charge < -0.3 is 14.4 Å². The number of amides is 1. The molecule has 124 valence electrons. The van der Waals surface area contributed by atoms with Gasteiger partial charge in [0, 0.05) is 30.7 Å². The Labute approximate surface area is 133 Å². The van der Waals surface area contributed by atoms with Crippen molar-refractivity contribution in [2.75, 3.05) is 40.1 Å². The van der Waals surface area contributed by atoms with Crippen LogP contribution in [0.2, 0.25) is 0 Å². The molecule has 0 spiro atoms. The topological polar surface area (TPSA) is 87.5 Å². The number of methoxy groups -OCH3 is 1. The van der Waals surface area contributed by atoms with E-state index in [1.165, 1.54) is 7.11 Å². The van der Waals surface area contributed by atoms with Gasteiger partial charge in [0.05, 0.1) is 25.4 Å². The standard InChI is InChI=1S/C15H19FN4O3/c1-22-14(13(10-16)18-19-17)11-2-4-12(5-3-11)15(21)20-6-8-23-9-7-20/h2-5,13-14H,6-10H2,1H3/t13-,14-/m1/s1. The first-order valence-electron chi connectivity index (χ1n) is 7.31. The Kier molecular flexibility index (Phi) is 6.34. The molecule has 8 heteroatoms. The van der Waals surface area contributed by atoms with Crippen LogP contribution in [0.3, 0.4) is 0 Å². The molecule has 7 nitrogen and oxygen atoms in total. The zero-order valence-corrected chi connectivity index (χ0v) is 12.9. The lowest BCUT2D eigenvalue weighted by molar-refractivity contribution is 0.0302. The molecule has 1 heterocycles. The fourth-order valence-electron chi connectivity index (χ4n) is 2.52. The maximum absolute atomic E-state index is 13.0. The lowest BCUT2D eigenvalue weighted by Crippen LogP contribution is -2.40. The lowest BCUT2D eigenvalue weighted by Gasteiger charge is -2.27. The molecule has 1 aromatic carbocycles. The Balaban J connectivity index is 2.13. The number of hydrogen-bond donors (Lipinski definition) is 0. The number of alkyl halides is 1. The molecule has 0 aliphatic carbocycles. The van der Waals surface area contributed by atoms with Gasteiger partial charge in [-0.05, 0) is 23.2 Å². The number of halogens is 1. The van der Waals surface area contributed by atoms with E-state index in [4.69, 9.17) is 15.0 Å². The molecule has 0 aromatic heterocycles. The summed E-state index contributed by atoms with van der Waals surface area (Å²) < 4.78 is 23.5. The summed E-state index contributed by atoms with van der Waals surface area (Å²) in [5.41, 5.74) is 9.70. The average molecular weight is 322 g/mol. The predicted molar refractivity (Wildman–Crippen MR) is 81.8 cm³/mol. The van der Waals surface area contributed by atoms with Crippen LogP contribution < -0.4 is 0 Å². The van der Waals surface area contributed by atoms with E-state index in [1.807, 2.05) is 0 Å². The lowest BCUT2D eigenvalue weighted by atomic mass is 10.0. The molecule has 0 bridgehead atoms. The summed E-state index contributed by atoms with van der Waals surface area (Å²) in [4.78, 5) is 16.7. The summed E-state index contributed by atoms with van der Waals surface area (Å²) in [6.45, 7) is 1.40. The summed E-state index contributed by atoms with van der Waals surface area (Å²) in [5, 5.41) is 3.41. The van der Waals surface area contributed by atoms with Crippen molar-refractivity contribution in [3.05, 3.63) is 45.8 Å². The molecule has 1 fully saturated rings. The van der Waals surface area contributed by atoms with Crippen molar-refractivity contribution in [1.82, 2.24) is 4.90 Å². The van der Waals surface area contributed by atoms with Crippen LogP contribution in [-0.2, 0) is 9.47 Å². The molecule has 1 aliphatic heterocycles. The number of ether oxygens (including phenoxy) is 2. The second-order valence-corrected chi connectivity index (χ2v) is 5.11. The molecule has 0 saturated carbocycles. The minimum Gasteiger partial charge on any atom is -0.378 e. The van der Waals surface area contributed by atoms with Gasteiger partial charge in [-0.2, -0.15) is 0 Å². The summed E-state index contributed by atoms with van der Waals surface area (Å²) in [5.74, 6) is -0.0640. The normalized spacial score (nSPS) is 17.2. The third kappa shape index (κ3) is 4.19. The Morgan fingerprint density at radius 2 is 2.09 bits per heavy atom. The molecule has 1 aliphatic rings. The molecular weight excluding hydrogens is 303 g/mol. The first-order valence-corrected chi connectivity index (χ1v) is 7.31. The number of benzene rings is 1. The molecule has 1 saturated heterocycles. The summed E-state index contributed by atoms with van der Waals surface area (Å²) in [6.07, 6.45) is -0.691. The molecule has 0 N–H and O–H groups in total. The summed E-state index contributed by atoms with van der Waals surface area (Å²) in [6, 6.07) is 5.79.